The highest BCUT2D eigenvalue weighted by Gasteiger charge is 2.21. The Balaban J connectivity index is 0.000000393. The molecule has 30 heavy (non-hydrogen) atoms. The van der Waals surface area contributed by atoms with Gasteiger partial charge in [-0.05, 0) is 36.2 Å². The van der Waals surface area contributed by atoms with Crippen molar-refractivity contribution in [3.8, 4) is 11.1 Å². The minimum absolute atomic E-state index is 0.845. The van der Waals surface area contributed by atoms with Gasteiger partial charge in [-0.15, -0.1) is 10.2 Å². The second kappa shape index (κ2) is 7.94. The Labute approximate surface area is 173 Å². The van der Waals surface area contributed by atoms with Crippen molar-refractivity contribution in [2.75, 3.05) is 0 Å². The fourth-order valence-electron chi connectivity index (χ4n) is 3.43. The van der Waals surface area contributed by atoms with Gasteiger partial charge in [0.15, 0.2) is 5.52 Å². The predicted molar refractivity (Wildman–Crippen MR) is 99.3 cm³/mol. The first-order chi connectivity index (χ1) is 14.3. The van der Waals surface area contributed by atoms with E-state index in [4.69, 9.17) is 28.6 Å². The zero-order valence-corrected chi connectivity index (χ0v) is 16.7. The summed E-state index contributed by atoms with van der Waals surface area (Å²) in [6.07, 6.45) is 2.09. The summed E-state index contributed by atoms with van der Waals surface area (Å²) in [5.41, 5.74) is 7.18. The molecule has 5 aromatic rings. The fraction of sp³-hybridized carbons (Fsp3) is 0.0952. The number of fused-ring (bicyclic) bond motifs is 4. The lowest BCUT2D eigenvalue weighted by Gasteiger charge is -2.17. The molecule has 0 aliphatic rings. The molecule has 0 amide bonds. The average molecular weight is 425 g/mol. The standard InChI is InChI=1S/C21H17N4.ClHO4/c1-2-24-19-14-16(15-8-4-3-5-9-15)12-13-25(19)21-20(24)22-17-10-6-7-11-18(17)23-21;2-1(3,4)5/h3-14H,2H2,1H3;(H,2,3,4,5)/q+1;/p-1. The molecule has 0 N–H and O–H groups in total. The molecule has 0 aliphatic heterocycles. The summed E-state index contributed by atoms with van der Waals surface area (Å²) in [5, 5.41) is 0. The first kappa shape index (κ1) is 20.1. The summed E-state index contributed by atoms with van der Waals surface area (Å²) in [6.45, 7) is 2.99. The number of pyridine rings is 1. The first-order valence-electron chi connectivity index (χ1n) is 9.12. The number of nitrogens with zero attached hydrogens (tertiary/aromatic N) is 4. The minimum Gasteiger partial charge on any atom is -0.238 e. The Bertz CT molecular complexity index is 1330. The second-order valence-electron chi connectivity index (χ2n) is 6.49. The number of benzene rings is 2. The number of halogens is 1. The van der Waals surface area contributed by atoms with Gasteiger partial charge in [-0.25, -0.2) is 28.2 Å². The van der Waals surface area contributed by atoms with E-state index in [1.807, 2.05) is 30.3 Å². The molecule has 9 heteroatoms. The fourth-order valence-corrected chi connectivity index (χ4v) is 3.43. The van der Waals surface area contributed by atoms with Crippen LogP contribution in [0.1, 0.15) is 6.92 Å². The number of hydrogen-bond acceptors (Lipinski definition) is 6. The van der Waals surface area contributed by atoms with Gasteiger partial charge in [-0.1, -0.05) is 47.4 Å². The lowest BCUT2D eigenvalue weighted by Crippen LogP contribution is -2.68. The topological polar surface area (TPSA) is 127 Å². The number of imidazole rings is 1. The molecule has 0 radical (unpaired) electrons. The van der Waals surface area contributed by atoms with Gasteiger partial charge in [-0.2, -0.15) is 4.40 Å². The van der Waals surface area contributed by atoms with Crippen LogP contribution in [0.5, 0.6) is 0 Å². The van der Waals surface area contributed by atoms with E-state index in [1.165, 1.54) is 11.1 Å². The molecular weight excluding hydrogens is 408 g/mol. The number of hydrogen-bond donors (Lipinski definition) is 0. The highest BCUT2D eigenvalue weighted by atomic mass is 35.7. The Morgan fingerprint density at radius 1 is 0.833 bits per heavy atom. The maximum Gasteiger partial charge on any atom is 0.327 e. The lowest BCUT2D eigenvalue weighted by atomic mass is 10.1. The van der Waals surface area contributed by atoms with Crippen LogP contribution >= 0.6 is 0 Å². The Kier molecular flexibility index (Phi) is 5.33. The molecule has 0 bridgehead atoms. The van der Waals surface area contributed by atoms with Crippen LogP contribution in [0, 0.1) is 10.2 Å². The Morgan fingerprint density at radius 3 is 2.07 bits per heavy atom. The van der Waals surface area contributed by atoms with E-state index < -0.39 is 10.2 Å². The monoisotopic (exact) mass is 424 g/mol. The summed E-state index contributed by atoms with van der Waals surface area (Å²) in [7, 11) is -4.94. The summed E-state index contributed by atoms with van der Waals surface area (Å²) in [5.74, 6) is 0. The maximum absolute atomic E-state index is 8.49. The predicted octanol–water partition coefficient (Wildman–Crippen LogP) is -0.746. The second-order valence-corrected chi connectivity index (χ2v) is 7.25. The quantitative estimate of drug-likeness (QED) is 0.343. The van der Waals surface area contributed by atoms with Crippen molar-refractivity contribution >= 4 is 28.0 Å². The van der Waals surface area contributed by atoms with Crippen LogP contribution in [0.25, 0.3) is 39.1 Å². The van der Waals surface area contributed by atoms with E-state index in [0.717, 1.165) is 34.5 Å². The Hall–Kier alpha value is -3.14. The summed E-state index contributed by atoms with van der Waals surface area (Å²) >= 11 is 0. The molecule has 0 fully saturated rings. The molecule has 3 aromatic heterocycles. The van der Waals surface area contributed by atoms with Gasteiger partial charge >= 0.3 is 5.65 Å². The van der Waals surface area contributed by atoms with Gasteiger partial charge in [0.25, 0.3) is 5.65 Å². The van der Waals surface area contributed by atoms with Crippen LogP contribution in [0.4, 0.5) is 0 Å². The highest BCUT2D eigenvalue weighted by molar-refractivity contribution is 5.83. The third-order valence-electron chi connectivity index (χ3n) is 4.65. The van der Waals surface area contributed by atoms with Crippen LogP contribution < -0.4 is 23.0 Å². The van der Waals surface area contributed by atoms with Gasteiger partial charge in [0.05, 0.1) is 12.7 Å². The highest BCUT2D eigenvalue weighted by Crippen LogP contribution is 2.22. The lowest BCUT2D eigenvalue weighted by molar-refractivity contribution is -2.00. The summed E-state index contributed by atoms with van der Waals surface area (Å²) < 4.78 is 38.3. The van der Waals surface area contributed by atoms with E-state index in [1.54, 1.807) is 0 Å². The number of para-hydroxylation sites is 2. The van der Waals surface area contributed by atoms with E-state index in [2.05, 4.69) is 58.5 Å². The third-order valence-corrected chi connectivity index (χ3v) is 4.65. The molecule has 152 valence electrons. The number of rotatable bonds is 2. The van der Waals surface area contributed by atoms with E-state index in [-0.39, 0.29) is 0 Å². The SMILES string of the molecule is CCn1c2nc3ccccc3nc2[n+]2ccc(-c3ccccc3)cc12.[O-][Cl+3]([O-])([O-])[O-]. The van der Waals surface area contributed by atoms with Crippen molar-refractivity contribution in [3.63, 3.8) is 0 Å². The molecule has 5 rings (SSSR count). The van der Waals surface area contributed by atoms with Gasteiger partial charge in [0, 0.05) is 6.07 Å². The molecule has 8 nitrogen and oxygen atoms in total. The maximum atomic E-state index is 8.49. The van der Waals surface area contributed by atoms with Crippen molar-refractivity contribution < 1.29 is 33.3 Å². The zero-order chi connectivity index (χ0) is 21.3. The van der Waals surface area contributed by atoms with Crippen LogP contribution in [0.15, 0.2) is 72.9 Å². The van der Waals surface area contributed by atoms with Gasteiger partial charge in [0.1, 0.15) is 5.52 Å². The van der Waals surface area contributed by atoms with Crippen LogP contribution in [0.2, 0.25) is 0 Å². The first-order valence-corrected chi connectivity index (χ1v) is 10.4. The molecule has 0 aliphatic carbocycles. The minimum atomic E-state index is -4.94. The van der Waals surface area contributed by atoms with Crippen molar-refractivity contribution in [2.45, 2.75) is 13.5 Å². The van der Waals surface area contributed by atoms with Crippen molar-refractivity contribution in [1.82, 2.24) is 14.5 Å². The van der Waals surface area contributed by atoms with Crippen LogP contribution in [-0.2, 0) is 6.54 Å². The largest absolute Gasteiger partial charge is 0.327 e. The van der Waals surface area contributed by atoms with Gasteiger partial charge < -0.3 is 0 Å². The average Bonchev–Trinajstić information content (AvgIpc) is 3.03. The van der Waals surface area contributed by atoms with Crippen LogP contribution in [-0.4, -0.2) is 14.5 Å². The molecular formula is C21H17ClN4O4. The molecule has 0 saturated heterocycles. The van der Waals surface area contributed by atoms with E-state index in [0.29, 0.717) is 0 Å². The number of aromatic nitrogens is 4. The Morgan fingerprint density at radius 2 is 1.43 bits per heavy atom. The smallest absolute Gasteiger partial charge is 0.238 e. The van der Waals surface area contributed by atoms with Crippen molar-refractivity contribution in [3.05, 3.63) is 72.9 Å². The molecule has 0 atom stereocenters. The van der Waals surface area contributed by atoms with Gasteiger partial charge in [0.2, 0.25) is 5.65 Å². The van der Waals surface area contributed by atoms with E-state index >= 15 is 0 Å². The van der Waals surface area contributed by atoms with Gasteiger partial charge in [-0.3, -0.25) is 0 Å². The molecule has 0 spiro atoms. The third kappa shape index (κ3) is 4.09. The summed E-state index contributed by atoms with van der Waals surface area (Å²) in [4.78, 5) is 9.72. The molecule has 0 unspecified atom stereocenters. The molecule has 3 heterocycles. The van der Waals surface area contributed by atoms with Crippen LogP contribution in [0.3, 0.4) is 0 Å². The zero-order valence-electron chi connectivity index (χ0n) is 15.9. The van der Waals surface area contributed by atoms with Crippen molar-refractivity contribution in [1.29, 1.82) is 0 Å². The normalized spacial score (nSPS) is 11.6. The summed E-state index contributed by atoms with van der Waals surface area (Å²) in [6, 6.07) is 22.8. The molecule has 0 saturated carbocycles. The van der Waals surface area contributed by atoms with Crippen molar-refractivity contribution in [2.24, 2.45) is 0 Å². The molecule has 2 aromatic carbocycles. The van der Waals surface area contributed by atoms with E-state index in [9.17, 15) is 0 Å². The number of aryl methyl sites for hydroxylation is 1.